The van der Waals surface area contributed by atoms with Crippen molar-refractivity contribution in [1.82, 2.24) is 3.97 Å². The number of anilines is 1. The van der Waals surface area contributed by atoms with Gasteiger partial charge in [0.25, 0.3) is 21.8 Å². The van der Waals surface area contributed by atoms with Gasteiger partial charge in [0.2, 0.25) is 0 Å². The Labute approximate surface area is 192 Å². The average Bonchev–Trinajstić information content (AvgIpc) is 3.33. The van der Waals surface area contributed by atoms with Crippen LogP contribution in [-0.2, 0) is 10.0 Å². The number of aromatic nitrogens is 1. The summed E-state index contributed by atoms with van der Waals surface area (Å²) in [5.74, 6) is -2.76. The molecule has 2 amide bonds. The van der Waals surface area contributed by atoms with Gasteiger partial charge in [-0.3, -0.25) is 9.59 Å². The first-order chi connectivity index (χ1) is 15.7. The number of hydrogen-bond acceptors (Lipinski definition) is 5. The number of carbonyl (C=O) groups excluding carboxylic acids is 2. The molecule has 1 aliphatic heterocycles. The standard InChI is InChI=1S/C23H14ClFN2O5S/c1-32-20-11-17(25)19(27-22(28)15-4-2-3-5-16(15)23(27)29)12-21(20)33(30,31)26-9-8-13-6-7-14(24)10-18(13)26/h2-12H,1H3. The number of fused-ring (bicyclic) bond motifs is 2. The summed E-state index contributed by atoms with van der Waals surface area (Å²) < 4.78 is 48.3. The summed E-state index contributed by atoms with van der Waals surface area (Å²) in [6.07, 6.45) is 1.33. The predicted octanol–water partition coefficient (Wildman–Crippen LogP) is 4.48. The summed E-state index contributed by atoms with van der Waals surface area (Å²) in [7, 11) is -3.14. The molecule has 7 nitrogen and oxygen atoms in total. The third-order valence-corrected chi connectivity index (χ3v) is 7.37. The topological polar surface area (TPSA) is 85.7 Å². The minimum absolute atomic E-state index is 0.105. The third-order valence-electron chi connectivity index (χ3n) is 5.42. The fourth-order valence-corrected chi connectivity index (χ4v) is 5.53. The zero-order chi connectivity index (χ0) is 23.5. The van der Waals surface area contributed by atoms with Gasteiger partial charge in [0.1, 0.15) is 10.6 Å². The van der Waals surface area contributed by atoms with E-state index < -0.39 is 38.2 Å². The van der Waals surface area contributed by atoms with E-state index in [1.807, 2.05) is 0 Å². The Morgan fingerprint density at radius 1 is 0.939 bits per heavy atom. The molecule has 0 atom stereocenters. The Bertz CT molecular complexity index is 1560. The highest BCUT2D eigenvalue weighted by Gasteiger charge is 2.39. The van der Waals surface area contributed by atoms with E-state index in [0.717, 1.165) is 16.1 Å². The third kappa shape index (κ3) is 3.12. The first-order valence-electron chi connectivity index (χ1n) is 9.61. The maximum absolute atomic E-state index is 15.0. The predicted molar refractivity (Wildman–Crippen MR) is 120 cm³/mol. The molecule has 0 fully saturated rings. The van der Waals surface area contributed by atoms with Crippen LogP contribution in [0, 0.1) is 5.82 Å². The summed E-state index contributed by atoms with van der Waals surface area (Å²) in [6, 6.07) is 14.2. The van der Waals surface area contributed by atoms with Gasteiger partial charge in [-0.2, -0.15) is 0 Å². The van der Waals surface area contributed by atoms with Crippen molar-refractivity contribution in [3.8, 4) is 5.75 Å². The zero-order valence-corrected chi connectivity index (χ0v) is 18.5. The highest BCUT2D eigenvalue weighted by atomic mass is 35.5. The number of hydrogen-bond donors (Lipinski definition) is 0. The molecule has 3 aromatic carbocycles. The number of amides is 2. The molecule has 10 heteroatoms. The number of methoxy groups -OCH3 is 1. The Morgan fingerprint density at radius 3 is 2.24 bits per heavy atom. The number of rotatable bonds is 4. The summed E-state index contributed by atoms with van der Waals surface area (Å²) in [6.45, 7) is 0. The molecule has 0 N–H and O–H groups in total. The number of ether oxygens (including phenoxy) is 1. The van der Waals surface area contributed by atoms with E-state index in [9.17, 15) is 18.0 Å². The van der Waals surface area contributed by atoms with Gasteiger partial charge in [-0.15, -0.1) is 0 Å². The molecule has 0 saturated heterocycles. The van der Waals surface area contributed by atoms with E-state index in [1.165, 1.54) is 31.5 Å². The minimum atomic E-state index is -4.34. The van der Waals surface area contributed by atoms with E-state index in [0.29, 0.717) is 20.8 Å². The first-order valence-corrected chi connectivity index (χ1v) is 11.4. The van der Waals surface area contributed by atoms with E-state index in [4.69, 9.17) is 16.3 Å². The SMILES string of the molecule is COc1cc(F)c(N2C(=O)c3ccccc3C2=O)cc1S(=O)(=O)n1ccc2ccc(Cl)cc21. The van der Waals surface area contributed by atoms with Crippen molar-refractivity contribution in [2.24, 2.45) is 0 Å². The fraction of sp³-hybridized carbons (Fsp3) is 0.0435. The summed E-state index contributed by atoms with van der Waals surface area (Å²) in [5.41, 5.74) is 0.0209. The molecule has 4 aromatic rings. The Kier molecular flexibility index (Phi) is 4.77. The maximum Gasteiger partial charge on any atom is 0.271 e. The Morgan fingerprint density at radius 2 is 1.61 bits per heavy atom. The van der Waals surface area contributed by atoms with Crippen LogP contribution in [0.25, 0.3) is 10.9 Å². The van der Waals surface area contributed by atoms with Gasteiger partial charge in [0.05, 0.1) is 29.4 Å². The smallest absolute Gasteiger partial charge is 0.271 e. The van der Waals surface area contributed by atoms with Crippen LogP contribution in [0.15, 0.2) is 71.8 Å². The highest BCUT2D eigenvalue weighted by Crippen LogP contribution is 2.37. The van der Waals surface area contributed by atoms with Gasteiger partial charge in [0, 0.05) is 22.7 Å². The number of halogens is 2. The van der Waals surface area contributed by atoms with Crippen LogP contribution in [0.4, 0.5) is 10.1 Å². The molecule has 0 bridgehead atoms. The molecular weight excluding hydrogens is 471 g/mol. The molecule has 2 heterocycles. The van der Waals surface area contributed by atoms with Crippen molar-refractivity contribution in [1.29, 1.82) is 0 Å². The van der Waals surface area contributed by atoms with Gasteiger partial charge in [-0.05, 0) is 36.4 Å². The lowest BCUT2D eigenvalue weighted by Gasteiger charge is -2.18. The second-order valence-electron chi connectivity index (χ2n) is 7.27. The van der Waals surface area contributed by atoms with Gasteiger partial charge in [-0.25, -0.2) is 21.7 Å². The average molecular weight is 485 g/mol. The van der Waals surface area contributed by atoms with Crippen molar-refractivity contribution >= 4 is 50.0 Å². The highest BCUT2D eigenvalue weighted by molar-refractivity contribution is 7.90. The van der Waals surface area contributed by atoms with Gasteiger partial charge in [-0.1, -0.05) is 29.8 Å². The zero-order valence-electron chi connectivity index (χ0n) is 17.0. The van der Waals surface area contributed by atoms with Gasteiger partial charge >= 0.3 is 0 Å². The minimum Gasteiger partial charge on any atom is -0.495 e. The molecule has 0 radical (unpaired) electrons. The summed E-state index contributed by atoms with van der Waals surface area (Å²) in [4.78, 5) is 25.9. The van der Waals surface area contributed by atoms with Crippen LogP contribution in [0.2, 0.25) is 5.02 Å². The lowest BCUT2D eigenvalue weighted by atomic mass is 10.1. The van der Waals surface area contributed by atoms with Gasteiger partial charge < -0.3 is 4.74 Å². The van der Waals surface area contributed by atoms with Crippen molar-refractivity contribution in [3.05, 3.63) is 88.8 Å². The summed E-state index contributed by atoms with van der Waals surface area (Å²) in [5, 5.41) is 0.944. The molecular formula is C23H14ClFN2O5S. The molecule has 5 rings (SSSR count). The molecule has 0 unspecified atom stereocenters. The second kappa shape index (κ2) is 7.43. The molecule has 0 aliphatic carbocycles. The van der Waals surface area contributed by atoms with Crippen LogP contribution in [0.3, 0.4) is 0 Å². The van der Waals surface area contributed by atoms with Crippen molar-refractivity contribution in [2.75, 3.05) is 12.0 Å². The maximum atomic E-state index is 15.0. The molecule has 0 saturated carbocycles. The van der Waals surface area contributed by atoms with Crippen molar-refractivity contribution in [2.45, 2.75) is 4.90 Å². The van der Waals surface area contributed by atoms with Gasteiger partial charge in [0.15, 0.2) is 5.82 Å². The van der Waals surface area contributed by atoms with E-state index >= 15 is 4.39 Å². The lowest BCUT2D eigenvalue weighted by molar-refractivity contribution is 0.0924. The van der Waals surface area contributed by atoms with E-state index in [1.54, 1.807) is 30.3 Å². The monoisotopic (exact) mass is 484 g/mol. The van der Waals surface area contributed by atoms with Crippen LogP contribution in [0.1, 0.15) is 20.7 Å². The van der Waals surface area contributed by atoms with Crippen LogP contribution >= 0.6 is 11.6 Å². The quantitative estimate of drug-likeness (QED) is 0.399. The molecule has 1 aliphatic rings. The van der Waals surface area contributed by atoms with Crippen LogP contribution in [0.5, 0.6) is 5.75 Å². The van der Waals surface area contributed by atoms with Crippen molar-refractivity contribution in [3.63, 3.8) is 0 Å². The van der Waals surface area contributed by atoms with Crippen LogP contribution in [-0.4, -0.2) is 31.3 Å². The number of benzene rings is 3. The van der Waals surface area contributed by atoms with E-state index in [2.05, 4.69) is 0 Å². The molecule has 1 aromatic heterocycles. The normalized spacial score (nSPS) is 13.6. The number of carbonyl (C=O) groups is 2. The Hall–Kier alpha value is -3.69. The number of imide groups is 1. The largest absolute Gasteiger partial charge is 0.495 e. The van der Waals surface area contributed by atoms with Crippen molar-refractivity contribution < 1.29 is 27.1 Å². The second-order valence-corrected chi connectivity index (χ2v) is 9.49. The fourth-order valence-electron chi connectivity index (χ4n) is 3.86. The molecule has 166 valence electrons. The first kappa shape index (κ1) is 21.2. The summed E-state index contributed by atoms with van der Waals surface area (Å²) >= 11 is 6.05. The molecule has 0 spiro atoms. The van der Waals surface area contributed by atoms with Crippen LogP contribution < -0.4 is 9.64 Å². The Balaban J connectivity index is 1.71. The van der Waals surface area contributed by atoms with E-state index in [-0.39, 0.29) is 16.9 Å². The lowest BCUT2D eigenvalue weighted by Crippen LogP contribution is -2.30. The number of nitrogens with zero attached hydrogens (tertiary/aromatic N) is 2. The molecule has 33 heavy (non-hydrogen) atoms.